The Morgan fingerprint density at radius 1 is 1.15 bits per heavy atom. The number of aryl methyl sites for hydroxylation is 1. The van der Waals surface area contributed by atoms with Crippen molar-refractivity contribution in [1.29, 1.82) is 0 Å². The van der Waals surface area contributed by atoms with Crippen molar-refractivity contribution >= 4 is 15.9 Å². The van der Waals surface area contributed by atoms with Gasteiger partial charge in [-0.15, -0.1) is 0 Å². The maximum atomic E-state index is 13.9. The van der Waals surface area contributed by atoms with E-state index in [0.29, 0.717) is 0 Å². The number of hydrogen-bond donors (Lipinski definition) is 1. The SMILES string of the molecule is Cc1cc(S(=O)(=O)N(CCC(=O)N[O-])Cc2ccccc2F)ccc1F.[Na+]. The second kappa shape index (κ2) is 10.3. The first-order chi connectivity index (χ1) is 12.3. The van der Waals surface area contributed by atoms with E-state index >= 15 is 0 Å². The van der Waals surface area contributed by atoms with Crippen molar-refractivity contribution in [3.8, 4) is 0 Å². The first-order valence-electron chi connectivity index (χ1n) is 7.66. The van der Waals surface area contributed by atoms with Crippen molar-refractivity contribution in [2.45, 2.75) is 24.8 Å². The number of nitrogens with zero attached hydrogens (tertiary/aromatic N) is 1. The molecule has 0 aliphatic heterocycles. The van der Waals surface area contributed by atoms with Crippen LogP contribution in [0.1, 0.15) is 17.5 Å². The summed E-state index contributed by atoms with van der Waals surface area (Å²) in [6.07, 6.45) is -0.392. The molecule has 1 N–H and O–H groups in total. The van der Waals surface area contributed by atoms with Crippen molar-refractivity contribution in [2.24, 2.45) is 0 Å². The first kappa shape index (κ1) is 23.7. The van der Waals surface area contributed by atoms with Gasteiger partial charge in [-0.05, 0) is 36.8 Å². The maximum absolute atomic E-state index is 13.9. The van der Waals surface area contributed by atoms with E-state index in [2.05, 4.69) is 0 Å². The minimum Gasteiger partial charge on any atom is -0.759 e. The molecule has 0 saturated carbocycles. The Hall–Kier alpha value is -1.36. The van der Waals surface area contributed by atoms with Crippen molar-refractivity contribution in [3.05, 3.63) is 70.4 Å². The molecule has 0 atom stereocenters. The number of amides is 1. The van der Waals surface area contributed by atoms with E-state index in [1.165, 1.54) is 30.6 Å². The molecule has 6 nitrogen and oxygen atoms in total. The predicted octanol–water partition coefficient (Wildman–Crippen LogP) is -0.528. The van der Waals surface area contributed by atoms with Crippen LogP contribution in [0, 0.1) is 23.8 Å². The van der Waals surface area contributed by atoms with Crippen LogP contribution in [-0.2, 0) is 21.4 Å². The van der Waals surface area contributed by atoms with Gasteiger partial charge < -0.3 is 10.7 Å². The molecule has 1 amide bonds. The smallest absolute Gasteiger partial charge is 0.759 e. The maximum Gasteiger partial charge on any atom is 1.00 e. The molecule has 0 aromatic heterocycles. The Kier molecular flexibility index (Phi) is 9.00. The largest absolute Gasteiger partial charge is 1.00 e. The molecular weight excluding hydrogens is 389 g/mol. The predicted molar refractivity (Wildman–Crippen MR) is 91.3 cm³/mol. The fourth-order valence-corrected chi connectivity index (χ4v) is 3.81. The third-order valence-electron chi connectivity index (χ3n) is 3.77. The Balaban J connectivity index is 0.00000364. The van der Waals surface area contributed by atoms with E-state index in [0.717, 1.165) is 22.5 Å². The molecular formula is C17H17F2N2NaO4S. The summed E-state index contributed by atoms with van der Waals surface area (Å²) in [6.45, 7) is 0.749. The number of benzene rings is 2. The third kappa shape index (κ3) is 6.06. The van der Waals surface area contributed by atoms with Gasteiger partial charge in [0.25, 0.3) is 0 Å². The molecule has 0 fully saturated rings. The summed E-state index contributed by atoms with van der Waals surface area (Å²) in [7, 11) is -4.14. The van der Waals surface area contributed by atoms with Gasteiger partial charge in [-0.25, -0.2) is 17.2 Å². The number of carbonyl (C=O) groups is 1. The van der Waals surface area contributed by atoms with E-state index in [-0.39, 0.29) is 58.7 Å². The van der Waals surface area contributed by atoms with Gasteiger partial charge in [0, 0.05) is 25.1 Å². The molecule has 0 aliphatic carbocycles. The van der Waals surface area contributed by atoms with Crippen molar-refractivity contribution in [2.75, 3.05) is 6.54 Å². The Labute approximate surface area is 178 Å². The van der Waals surface area contributed by atoms with Crippen molar-refractivity contribution < 1.29 is 51.6 Å². The summed E-state index contributed by atoms with van der Waals surface area (Å²) in [4.78, 5) is 11.0. The molecule has 27 heavy (non-hydrogen) atoms. The molecule has 0 unspecified atom stereocenters. The van der Waals surface area contributed by atoms with Gasteiger partial charge in [-0.2, -0.15) is 4.31 Å². The zero-order valence-electron chi connectivity index (χ0n) is 14.9. The molecule has 2 aromatic rings. The number of hydrogen-bond acceptors (Lipinski definition) is 4. The molecule has 0 aliphatic rings. The van der Waals surface area contributed by atoms with Crippen LogP contribution in [0.2, 0.25) is 0 Å². The number of rotatable bonds is 7. The van der Waals surface area contributed by atoms with Gasteiger partial charge >= 0.3 is 29.6 Å². The second-order valence-corrected chi connectivity index (χ2v) is 7.55. The summed E-state index contributed by atoms with van der Waals surface area (Å²) in [5.74, 6) is -2.05. The fourth-order valence-electron chi connectivity index (χ4n) is 2.30. The van der Waals surface area contributed by atoms with E-state index < -0.39 is 34.0 Å². The molecule has 0 radical (unpaired) electrons. The summed E-state index contributed by atoms with van der Waals surface area (Å²) >= 11 is 0. The zero-order valence-corrected chi connectivity index (χ0v) is 17.7. The number of halogens is 2. The van der Waals surface area contributed by atoms with Gasteiger partial charge in [0.15, 0.2) is 0 Å². The molecule has 2 aromatic carbocycles. The van der Waals surface area contributed by atoms with Crippen LogP contribution < -0.4 is 35.0 Å². The van der Waals surface area contributed by atoms with Crippen molar-refractivity contribution in [1.82, 2.24) is 9.79 Å². The number of hydroxylamine groups is 1. The van der Waals surface area contributed by atoms with E-state index in [1.54, 1.807) is 6.07 Å². The van der Waals surface area contributed by atoms with Gasteiger partial charge in [0.05, 0.1) is 4.90 Å². The van der Waals surface area contributed by atoms with Gasteiger partial charge in [-0.3, -0.25) is 4.79 Å². The summed E-state index contributed by atoms with van der Waals surface area (Å²) < 4.78 is 54.0. The first-order valence-corrected chi connectivity index (χ1v) is 9.10. The summed E-state index contributed by atoms with van der Waals surface area (Å²) in [5.41, 5.74) is 1.41. The topological polar surface area (TPSA) is 89.5 Å². The number of sulfonamides is 1. The Morgan fingerprint density at radius 3 is 2.41 bits per heavy atom. The van der Waals surface area contributed by atoms with Crippen LogP contribution in [-0.4, -0.2) is 25.2 Å². The number of carbonyl (C=O) groups excluding carboxylic acids is 1. The fraction of sp³-hybridized carbons (Fsp3) is 0.235. The normalized spacial score (nSPS) is 11.1. The van der Waals surface area contributed by atoms with Crippen LogP contribution in [0.5, 0.6) is 0 Å². The molecule has 0 spiro atoms. The zero-order chi connectivity index (χ0) is 19.3. The second-order valence-electron chi connectivity index (χ2n) is 5.62. The molecule has 0 saturated heterocycles. The Bertz CT molecular complexity index is 910. The minimum absolute atomic E-state index is 0. The van der Waals surface area contributed by atoms with Gasteiger partial charge in [0.2, 0.25) is 15.9 Å². The van der Waals surface area contributed by atoms with Gasteiger partial charge in [0.1, 0.15) is 11.6 Å². The quantitative estimate of drug-likeness (QED) is 0.495. The molecule has 0 heterocycles. The van der Waals surface area contributed by atoms with E-state index in [1.807, 2.05) is 0 Å². The van der Waals surface area contributed by atoms with Crippen LogP contribution in [0.15, 0.2) is 47.4 Å². The molecule has 2 rings (SSSR count). The van der Waals surface area contributed by atoms with Crippen LogP contribution in [0.25, 0.3) is 0 Å². The minimum atomic E-state index is -4.14. The summed E-state index contributed by atoms with van der Waals surface area (Å²) in [5, 5.41) is 10.4. The average molecular weight is 406 g/mol. The number of nitrogens with one attached hydrogen (secondary N) is 1. The van der Waals surface area contributed by atoms with Crippen molar-refractivity contribution in [3.63, 3.8) is 0 Å². The molecule has 140 valence electrons. The monoisotopic (exact) mass is 406 g/mol. The molecule has 0 bridgehead atoms. The van der Waals surface area contributed by atoms with Gasteiger partial charge in [-0.1, -0.05) is 18.2 Å². The van der Waals surface area contributed by atoms with Crippen LogP contribution in [0.3, 0.4) is 0 Å². The third-order valence-corrected chi connectivity index (χ3v) is 5.61. The molecule has 10 heteroatoms. The standard InChI is InChI=1S/C17H17F2N2O4S.Na/c1-12-10-14(6-7-15(12)18)26(24,25)21(9-8-17(22)20-23)11-13-4-2-3-5-16(13)19;/h2-7,10H,8-9,11H2,1H3,(H-,20,22,23);/q-1;+1. The van der Waals surface area contributed by atoms with E-state index in [4.69, 9.17) is 0 Å². The average Bonchev–Trinajstić information content (AvgIpc) is 2.61. The summed E-state index contributed by atoms with van der Waals surface area (Å²) in [6, 6.07) is 8.90. The van der Waals surface area contributed by atoms with Crippen LogP contribution >= 0.6 is 0 Å². The Morgan fingerprint density at radius 2 is 1.81 bits per heavy atom. The van der Waals surface area contributed by atoms with E-state index in [9.17, 15) is 27.2 Å². The van der Waals surface area contributed by atoms with Crippen LogP contribution in [0.4, 0.5) is 8.78 Å².